The summed E-state index contributed by atoms with van der Waals surface area (Å²) >= 11 is 0. The van der Waals surface area contributed by atoms with E-state index in [1.54, 1.807) is 0 Å². The van der Waals surface area contributed by atoms with E-state index in [0.29, 0.717) is 30.8 Å². The van der Waals surface area contributed by atoms with Gasteiger partial charge in [-0.2, -0.15) is 0 Å². The van der Waals surface area contributed by atoms with Gasteiger partial charge in [0.2, 0.25) is 5.91 Å². The fourth-order valence-corrected chi connectivity index (χ4v) is 4.41. The number of oxazole rings is 1. The zero-order valence-electron chi connectivity index (χ0n) is 17.9. The highest BCUT2D eigenvalue weighted by atomic mass is 16.6. The highest BCUT2D eigenvalue weighted by molar-refractivity contribution is 5.77. The molecule has 1 aliphatic rings. The van der Waals surface area contributed by atoms with Gasteiger partial charge in [-0.05, 0) is 49.7 Å². The summed E-state index contributed by atoms with van der Waals surface area (Å²) in [4.78, 5) is 37.0. The van der Waals surface area contributed by atoms with Crippen LogP contribution < -0.4 is 5.76 Å². The van der Waals surface area contributed by atoms with Gasteiger partial charge in [-0.25, -0.2) is 4.79 Å². The second-order valence-corrected chi connectivity index (χ2v) is 8.38. The van der Waals surface area contributed by atoms with Gasteiger partial charge in [0.25, 0.3) is 5.69 Å². The monoisotopic (exact) mass is 437 g/mol. The summed E-state index contributed by atoms with van der Waals surface area (Å²) in [5.74, 6) is 0.203. The van der Waals surface area contributed by atoms with Gasteiger partial charge in [0, 0.05) is 32.1 Å². The van der Waals surface area contributed by atoms with Crippen molar-refractivity contribution >= 4 is 22.7 Å². The zero-order chi connectivity index (χ0) is 22.5. The second kappa shape index (κ2) is 9.80. The highest BCUT2D eigenvalue weighted by Gasteiger charge is 2.22. The van der Waals surface area contributed by atoms with Gasteiger partial charge < -0.3 is 9.32 Å². The lowest BCUT2D eigenvalue weighted by Crippen LogP contribution is -2.38. The van der Waals surface area contributed by atoms with Crippen molar-refractivity contribution in [1.82, 2.24) is 9.47 Å². The minimum atomic E-state index is -0.563. The molecule has 0 aliphatic carbocycles. The number of aromatic nitrogens is 1. The van der Waals surface area contributed by atoms with E-state index in [-0.39, 0.29) is 17.2 Å². The van der Waals surface area contributed by atoms with Gasteiger partial charge in [-0.15, -0.1) is 0 Å². The first-order valence-electron chi connectivity index (χ1n) is 11.1. The molecule has 8 heteroatoms. The van der Waals surface area contributed by atoms with E-state index in [1.807, 2.05) is 11.0 Å². The number of hydrogen-bond donors (Lipinski definition) is 0. The largest absolute Gasteiger partial charge is 0.419 e. The fraction of sp³-hybridized carbons (Fsp3) is 0.417. The van der Waals surface area contributed by atoms with E-state index < -0.39 is 10.7 Å². The Hall–Kier alpha value is -3.42. The molecule has 32 heavy (non-hydrogen) atoms. The molecular formula is C24H27N3O5. The minimum absolute atomic E-state index is 0.114. The number of fused-ring (bicyclic) bond motifs is 1. The van der Waals surface area contributed by atoms with Crippen molar-refractivity contribution in [2.75, 3.05) is 13.1 Å². The molecular weight excluding hydrogens is 410 g/mol. The van der Waals surface area contributed by atoms with E-state index in [9.17, 15) is 19.7 Å². The molecule has 0 atom stereocenters. The van der Waals surface area contributed by atoms with Gasteiger partial charge in [0.1, 0.15) is 0 Å². The number of aryl methyl sites for hydroxylation is 2. The number of piperidine rings is 1. The Balaban J connectivity index is 1.24. The van der Waals surface area contributed by atoms with Gasteiger partial charge in [-0.1, -0.05) is 30.3 Å². The number of likely N-dealkylation sites (tertiary alicyclic amines) is 1. The Morgan fingerprint density at radius 3 is 2.59 bits per heavy atom. The van der Waals surface area contributed by atoms with Crippen molar-refractivity contribution < 1.29 is 14.1 Å². The Morgan fingerprint density at radius 2 is 1.88 bits per heavy atom. The molecule has 0 N–H and O–H groups in total. The number of amides is 1. The summed E-state index contributed by atoms with van der Waals surface area (Å²) in [6, 6.07) is 14.6. The molecule has 0 radical (unpaired) electrons. The molecule has 0 unspecified atom stereocenters. The Labute approximate surface area is 185 Å². The number of benzene rings is 2. The highest BCUT2D eigenvalue weighted by Crippen LogP contribution is 2.24. The van der Waals surface area contributed by atoms with Crippen molar-refractivity contribution in [3.63, 3.8) is 0 Å². The first kappa shape index (κ1) is 21.8. The predicted octanol–water partition coefficient (Wildman–Crippen LogP) is 4.15. The molecule has 1 aliphatic heterocycles. The first-order chi connectivity index (χ1) is 15.5. The van der Waals surface area contributed by atoms with Crippen molar-refractivity contribution in [1.29, 1.82) is 0 Å². The molecule has 8 nitrogen and oxygen atoms in total. The summed E-state index contributed by atoms with van der Waals surface area (Å²) in [6.45, 7) is 1.91. The van der Waals surface area contributed by atoms with Crippen LogP contribution in [0.15, 0.2) is 57.7 Å². The standard InChI is InChI=1S/C24H27N3O5/c28-23(25-15-12-19(13-16-25)9-8-18-5-2-1-3-6-18)7-4-14-26-21-11-10-20(27(30)31)17-22(21)32-24(26)29/h1-3,5-6,10-11,17,19H,4,7-9,12-16H2. The van der Waals surface area contributed by atoms with Crippen LogP contribution in [-0.4, -0.2) is 33.4 Å². The summed E-state index contributed by atoms with van der Waals surface area (Å²) in [7, 11) is 0. The van der Waals surface area contributed by atoms with Crippen LogP contribution in [0.3, 0.4) is 0 Å². The first-order valence-corrected chi connectivity index (χ1v) is 11.1. The molecule has 0 spiro atoms. The Bertz CT molecular complexity index is 1140. The molecule has 2 aromatic carbocycles. The van der Waals surface area contributed by atoms with Gasteiger partial charge in [-0.3, -0.25) is 19.5 Å². The number of nitro benzene ring substituents is 1. The van der Waals surface area contributed by atoms with E-state index in [4.69, 9.17) is 4.42 Å². The van der Waals surface area contributed by atoms with Crippen molar-refractivity contribution in [3.05, 3.63) is 74.8 Å². The molecule has 2 heterocycles. The zero-order valence-corrected chi connectivity index (χ0v) is 17.9. The van der Waals surface area contributed by atoms with Crippen molar-refractivity contribution in [3.8, 4) is 0 Å². The Morgan fingerprint density at radius 1 is 1.12 bits per heavy atom. The lowest BCUT2D eigenvalue weighted by Gasteiger charge is -2.32. The third kappa shape index (κ3) is 5.07. The smallest absolute Gasteiger partial charge is 0.407 e. The number of rotatable bonds is 8. The molecule has 3 aromatic rings. The molecule has 1 saturated heterocycles. The second-order valence-electron chi connectivity index (χ2n) is 8.38. The summed E-state index contributed by atoms with van der Waals surface area (Å²) in [5, 5.41) is 10.9. The maximum absolute atomic E-state index is 12.6. The lowest BCUT2D eigenvalue weighted by atomic mass is 9.90. The van der Waals surface area contributed by atoms with Crippen LogP contribution in [0.4, 0.5) is 5.69 Å². The van der Waals surface area contributed by atoms with Crippen LogP contribution in [0.2, 0.25) is 0 Å². The number of carbonyl (C=O) groups excluding carboxylic acids is 1. The molecule has 0 saturated carbocycles. The van der Waals surface area contributed by atoms with Gasteiger partial charge in [0.05, 0.1) is 16.5 Å². The van der Waals surface area contributed by atoms with E-state index in [1.165, 1.54) is 28.3 Å². The minimum Gasteiger partial charge on any atom is -0.407 e. The SMILES string of the molecule is O=C(CCCn1c(=O)oc2cc([N+](=O)[O-])ccc21)N1CCC(CCc2ccccc2)CC1. The number of non-ortho nitro benzene ring substituents is 1. The van der Waals surface area contributed by atoms with Crippen LogP contribution in [-0.2, 0) is 17.8 Å². The van der Waals surface area contributed by atoms with Gasteiger partial charge in [0.15, 0.2) is 5.58 Å². The van der Waals surface area contributed by atoms with Crippen LogP contribution in [0, 0.1) is 16.0 Å². The average molecular weight is 437 g/mol. The van der Waals surface area contributed by atoms with E-state index in [2.05, 4.69) is 24.3 Å². The molecule has 4 rings (SSSR count). The topological polar surface area (TPSA) is 98.6 Å². The number of nitrogens with zero attached hydrogens (tertiary/aromatic N) is 3. The molecule has 1 amide bonds. The van der Waals surface area contributed by atoms with Crippen LogP contribution in [0.1, 0.15) is 37.7 Å². The fourth-order valence-electron chi connectivity index (χ4n) is 4.41. The van der Waals surface area contributed by atoms with E-state index in [0.717, 1.165) is 38.8 Å². The summed E-state index contributed by atoms with van der Waals surface area (Å²) in [5.41, 5.74) is 1.93. The molecule has 1 fully saturated rings. The lowest BCUT2D eigenvalue weighted by molar-refractivity contribution is -0.384. The maximum atomic E-state index is 12.6. The summed E-state index contributed by atoms with van der Waals surface area (Å²) in [6.07, 6.45) is 5.17. The van der Waals surface area contributed by atoms with Crippen molar-refractivity contribution in [2.24, 2.45) is 5.92 Å². The summed E-state index contributed by atoms with van der Waals surface area (Å²) < 4.78 is 6.57. The normalized spacial score (nSPS) is 14.7. The van der Waals surface area contributed by atoms with Crippen LogP contribution >= 0.6 is 0 Å². The molecule has 168 valence electrons. The maximum Gasteiger partial charge on any atom is 0.419 e. The number of nitro groups is 1. The average Bonchev–Trinajstić information content (AvgIpc) is 3.13. The number of carbonyl (C=O) groups is 1. The molecule has 0 bridgehead atoms. The van der Waals surface area contributed by atoms with Crippen molar-refractivity contribution in [2.45, 2.75) is 45.1 Å². The predicted molar refractivity (Wildman–Crippen MR) is 120 cm³/mol. The molecule has 1 aromatic heterocycles. The van der Waals surface area contributed by atoms with Gasteiger partial charge >= 0.3 is 5.76 Å². The van der Waals surface area contributed by atoms with Crippen LogP contribution in [0.25, 0.3) is 11.1 Å². The number of hydrogen-bond acceptors (Lipinski definition) is 5. The quantitative estimate of drug-likeness (QED) is 0.389. The third-order valence-corrected chi connectivity index (χ3v) is 6.29. The van der Waals surface area contributed by atoms with E-state index >= 15 is 0 Å². The van der Waals surface area contributed by atoms with Crippen LogP contribution in [0.5, 0.6) is 0 Å². The third-order valence-electron chi connectivity index (χ3n) is 6.29. The Kier molecular flexibility index (Phi) is 6.68.